The molecule has 1 saturated carbocycles. The normalized spacial score (nSPS) is 15.6. The lowest BCUT2D eigenvalue weighted by molar-refractivity contribution is -0.121. The van der Waals surface area contributed by atoms with Crippen molar-refractivity contribution in [1.82, 2.24) is 15.5 Å². The van der Waals surface area contributed by atoms with Crippen molar-refractivity contribution < 1.29 is 23.5 Å². The van der Waals surface area contributed by atoms with Gasteiger partial charge in [0.2, 0.25) is 12.7 Å². The van der Waals surface area contributed by atoms with Gasteiger partial charge in [0, 0.05) is 12.6 Å². The Kier molecular flexibility index (Phi) is 6.00. The van der Waals surface area contributed by atoms with E-state index in [0.717, 1.165) is 42.7 Å². The number of nitrogens with zero attached hydrogens (tertiary/aromatic N) is 1. The number of nitrogens with one attached hydrogen (secondary N) is 2. The van der Waals surface area contributed by atoms with Crippen molar-refractivity contribution in [3.05, 3.63) is 47.9 Å². The third-order valence-corrected chi connectivity index (χ3v) is 5.27. The van der Waals surface area contributed by atoms with E-state index in [4.69, 9.17) is 13.9 Å². The average molecular weight is 399 g/mol. The van der Waals surface area contributed by atoms with Crippen LogP contribution >= 0.6 is 0 Å². The minimum atomic E-state index is -0.527. The first kappa shape index (κ1) is 19.3. The molecule has 1 aromatic carbocycles. The molecule has 2 N–H and O–H groups in total. The molecule has 1 aliphatic heterocycles. The predicted molar refractivity (Wildman–Crippen MR) is 104 cm³/mol. The number of imide groups is 1. The van der Waals surface area contributed by atoms with Crippen molar-refractivity contribution in [2.45, 2.75) is 44.8 Å². The van der Waals surface area contributed by atoms with Crippen molar-refractivity contribution in [2.24, 2.45) is 0 Å². The van der Waals surface area contributed by atoms with Crippen molar-refractivity contribution in [2.75, 3.05) is 13.3 Å². The van der Waals surface area contributed by atoms with Gasteiger partial charge in [-0.1, -0.05) is 18.9 Å². The molecule has 0 bridgehead atoms. The number of amides is 3. The number of furan rings is 1. The molecule has 154 valence electrons. The zero-order chi connectivity index (χ0) is 20.1. The summed E-state index contributed by atoms with van der Waals surface area (Å²) in [6, 6.07) is 9.15. The molecule has 4 rings (SSSR count). The van der Waals surface area contributed by atoms with Gasteiger partial charge in [0.15, 0.2) is 11.5 Å². The van der Waals surface area contributed by atoms with Gasteiger partial charge < -0.3 is 19.2 Å². The Labute approximate surface area is 169 Å². The Hall–Kier alpha value is -3.00. The standard InChI is InChI=1S/C21H25N3O5/c25-20(23-21(26)22-11-17-6-3-9-27-17)13-24(16-4-1-2-5-16)12-15-7-8-18-19(10-15)29-14-28-18/h3,6-10,16H,1-2,4-5,11-14H2,(H2,22,23,25,26). The van der Waals surface area contributed by atoms with Crippen molar-refractivity contribution in [1.29, 1.82) is 0 Å². The average Bonchev–Trinajstić information content (AvgIpc) is 3.48. The first-order valence-corrected chi connectivity index (χ1v) is 9.90. The number of urea groups is 1. The third-order valence-electron chi connectivity index (χ3n) is 5.27. The number of hydrogen-bond donors (Lipinski definition) is 2. The summed E-state index contributed by atoms with van der Waals surface area (Å²) in [5.74, 6) is 1.78. The predicted octanol–water partition coefficient (Wildman–Crippen LogP) is 2.78. The SMILES string of the molecule is O=C(CN(Cc1ccc2c(c1)OCO2)C1CCCC1)NC(=O)NCc1ccco1. The Morgan fingerprint density at radius 1 is 1.10 bits per heavy atom. The van der Waals surface area contributed by atoms with E-state index in [1.807, 2.05) is 18.2 Å². The second-order valence-corrected chi connectivity index (χ2v) is 7.34. The number of hydrogen-bond acceptors (Lipinski definition) is 6. The van der Waals surface area contributed by atoms with E-state index in [1.165, 1.54) is 6.26 Å². The summed E-state index contributed by atoms with van der Waals surface area (Å²) in [6.07, 6.45) is 5.97. The fourth-order valence-electron chi connectivity index (χ4n) is 3.83. The number of fused-ring (bicyclic) bond motifs is 1. The summed E-state index contributed by atoms with van der Waals surface area (Å²) in [6.45, 7) is 1.24. The van der Waals surface area contributed by atoms with Gasteiger partial charge in [-0.15, -0.1) is 0 Å². The van der Waals surface area contributed by atoms with Crippen LogP contribution in [0.3, 0.4) is 0 Å². The molecule has 1 fully saturated rings. The van der Waals surface area contributed by atoms with Crippen LogP contribution in [0.4, 0.5) is 4.79 Å². The van der Waals surface area contributed by atoms with Gasteiger partial charge in [0.05, 0.1) is 19.4 Å². The molecule has 3 amide bonds. The van der Waals surface area contributed by atoms with E-state index in [2.05, 4.69) is 15.5 Å². The summed E-state index contributed by atoms with van der Waals surface area (Å²) in [5, 5.41) is 5.03. The van der Waals surface area contributed by atoms with Crippen molar-refractivity contribution >= 4 is 11.9 Å². The molecule has 1 aliphatic carbocycles. The smallest absolute Gasteiger partial charge is 0.321 e. The second kappa shape index (κ2) is 9.00. The number of benzene rings is 1. The first-order valence-electron chi connectivity index (χ1n) is 9.90. The Morgan fingerprint density at radius 3 is 2.72 bits per heavy atom. The highest BCUT2D eigenvalue weighted by atomic mass is 16.7. The summed E-state index contributed by atoms with van der Waals surface area (Å²) in [7, 11) is 0. The first-order chi connectivity index (χ1) is 14.2. The molecule has 2 aromatic rings. The van der Waals surface area contributed by atoms with Gasteiger partial charge >= 0.3 is 6.03 Å². The molecule has 0 atom stereocenters. The van der Waals surface area contributed by atoms with Crippen LogP contribution in [0, 0.1) is 0 Å². The number of ether oxygens (including phenoxy) is 2. The van der Waals surface area contributed by atoms with E-state index in [0.29, 0.717) is 18.3 Å². The quantitative estimate of drug-likeness (QED) is 0.744. The molecule has 0 spiro atoms. The topological polar surface area (TPSA) is 93.0 Å². The summed E-state index contributed by atoms with van der Waals surface area (Å²) in [4.78, 5) is 26.6. The molecule has 0 unspecified atom stereocenters. The van der Waals surface area contributed by atoms with E-state index in [9.17, 15) is 9.59 Å². The van der Waals surface area contributed by atoms with Gasteiger partial charge in [-0.3, -0.25) is 15.0 Å². The van der Waals surface area contributed by atoms with E-state index < -0.39 is 6.03 Å². The number of carbonyl (C=O) groups excluding carboxylic acids is 2. The second-order valence-electron chi connectivity index (χ2n) is 7.34. The van der Waals surface area contributed by atoms with Crippen LogP contribution in [0.5, 0.6) is 11.5 Å². The van der Waals surface area contributed by atoms with Gasteiger partial charge in [-0.05, 0) is 42.7 Å². The summed E-state index contributed by atoms with van der Waals surface area (Å²) >= 11 is 0. The third kappa shape index (κ3) is 5.08. The van der Waals surface area contributed by atoms with Gasteiger partial charge in [-0.2, -0.15) is 0 Å². The summed E-state index contributed by atoms with van der Waals surface area (Å²) in [5.41, 5.74) is 1.05. The zero-order valence-electron chi connectivity index (χ0n) is 16.2. The lowest BCUT2D eigenvalue weighted by Crippen LogP contribution is -2.46. The fraction of sp³-hybridized carbons (Fsp3) is 0.429. The highest BCUT2D eigenvalue weighted by Crippen LogP contribution is 2.33. The van der Waals surface area contributed by atoms with Crippen LogP contribution in [0.15, 0.2) is 41.0 Å². The van der Waals surface area contributed by atoms with Gasteiger partial charge in [0.25, 0.3) is 0 Å². The van der Waals surface area contributed by atoms with Crippen LogP contribution in [-0.4, -0.2) is 36.2 Å². The maximum absolute atomic E-state index is 12.5. The van der Waals surface area contributed by atoms with E-state index >= 15 is 0 Å². The van der Waals surface area contributed by atoms with Crippen LogP contribution in [0.2, 0.25) is 0 Å². The summed E-state index contributed by atoms with van der Waals surface area (Å²) < 4.78 is 16.0. The largest absolute Gasteiger partial charge is 0.467 e. The van der Waals surface area contributed by atoms with Crippen LogP contribution in [-0.2, 0) is 17.9 Å². The molecule has 8 heteroatoms. The molecule has 1 aromatic heterocycles. The number of rotatable bonds is 7. The minimum absolute atomic E-state index is 0.160. The maximum Gasteiger partial charge on any atom is 0.321 e. The lowest BCUT2D eigenvalue weighted by atomic mass is 10.1. The highest BCUT2D eigenvalue weighted by Gasteiger charge is 2.26. The highest BCUT2D eigenvalue weighted by molar-refractivity contribution is 5.95. The molecular formula is C21H25N3O5. The molecule has 2 heterocycles. The zero-order valence-corrected chi connectivity index (χ0v) is 16.2. The molecular weight excluding hydrogens is 374 g/mol. The molecule has 29 heavy (non-hydrogen) atoms. The Morgan fingerprint density at radius 2 is 1.93 bits per heavy atom. The monoisotopic (exact) mass is 399 g/mol. The minimum Gasteiger partial charge on any atom is -0.467 e. The van der Waals surface area contributed by atoms with Crippen LogP contribution in [0.25, 0.3) is 0 Å². The molecule has 0 saturated heterocycles. The van der Waals surface area contributed by atoms with E-state index in [-0.39, 0.29) is 25.8 Å². The van der Waals surface area contributed by atoms with Crippen molar-refractivity contribution in [3.8, 4) is 11.5 Å². The molecule has 2 aliphatic rings. The van der Waals surface area contributed by atoms with Crippen LogP contribution in [0.1, 0.15) is 37.0 Å². The Bertz CT molecular complexity index is 846. The Balaban J connectivity index is 1.34. The van der Waals surface area contributed by atoms with Crippen molar-refractivity contribution in [3.63, 3.8) is 0 Å². The molecule has 8 nitrogen and oxygen atoms in total. The number of carbonyl (C=O) groups is 2. The fourth-order valence-corrected chi connectivity index (χ4v) is 3.83. The van der Waals surface area contributed by atoms with Gasteiger partial charge in [-0.25, -0.2) is 4.79 Å². The van der Waals surface area contributed by atoms with Crippen LogP contribution < -0.4 is 20.1 Å². The maximum atomic E-state index is 12.5. The van der Waals surface area contributed by atoms with Gasteiger partial charge in [0.1, 0.15) is 5.76 Å². The lowest BCUT2D eigenvalue weighted by Gasteiger charge is -2.28. The molecule has 0 radical (unpaired) electrons. The van der Waals surface area contributed by atoms with E-state index in [1.54, 1.807) is 12.1 Å².